The van der Waals surface area contributed by atoms with Gasteiger partial charge in [0.25, 0.3) is 0 Å². The predicted octanol–water partition coefficient (Wildman–Crippen LogP) is 3.52. The highest BCUT2D eigenvalue weighted by Crippen LogP contribution is 2.06. The van der Waals surface area contributed by atoms with Gasteiger partial charge in [-0.25, -0.2) is 0 Å². The van der Waals surface area contributed by atoms with E-state index in [0.717, 1.165) is 12.8 Å². The lowest BCUT2D eigenvalue weighted by atomic mass is 10.1. The second kappa shape index (κ2) is 9.32. The third kappa shape index (κ3) is 8.36. The van der Waals surface area contributed by atoms with Crippen LogP contribution in [0.15, 0.2) is 0 Å². The molecule has 0 heterocycles. The van der Waals surface area contributed by atoms with Crippen LogP contribution >= 0.6 is 11.6 Å². The van der Waals surface area contributed by atoms with Gasteiger partial charge in [-0.2, -0.15) is 0 Å². The molecule has 0 radical (unpaired) electrons. The number of alkyl halides is 1. The molecule has 1 unspecified atom stereocenters. The Morgan fingerprint density at radius 2 is 1.93 bits per heavy atom. The summed E-state index contributed by atoms with van der Waals surface area (Å²) >= 11 is 5.52. The first kappa shape index (κ1) is 13.8. The molecule has 3 heteroatoms. The van der Waals surface area contributed by atoms with Gasteiger partial charge in [0.2, 0.25) is 0 Å². The number of halogens is 1. The van der Waals surface area contributed by atoms with Crippen LogP contribution in [-0.4, -0.2) is 18.0 Å². The van der Waals surface area contributed by atoms with Crippen molar-refractivity contribution in [3.63, 3.8) is 0 Å². The Bertz CT molecular complexity index is 148. The maximum absolute atomic E-state index is 11.2. The minimum atomic E-state index is -0.153. The molecule has 14 heavy (non-hydrogen) atoms. The van der Waals surface area contributed by atoms with E-state index in [2.05, 4.69) is 6.92 Å². The van der Waals surface area contributed by atoms with Crippen molar-refractivity contribution in [3.8, 4) is 0 Å². The fourth-order valence-corrected chi connectivity index (χ4v) is 1.25. The van der Waals surface area contributed by atoms with E-state index in [-0.39, 0.29) is 12.1 Å². The summed E-state index contributed by atoms with van der Waals surface area (Å²) in [6.07, 6.45) is 6.15. The molecule has 2 nitrogen and oxygen atoms in total. The van der Waals surface area contributed by atoms with Crippen LogP contribution in [0.25, 0.3) is 0 Å². The third-order valence-electron chi connectivity index (χ3n) is 2.03. The lowest BCUT2D eigenvalue weighted by Crippen LogP contribution is -2.15. The summed E-state index contributed by atoms with van der Waals surface area (Å²) in [5.74, 6) is 0.260. The van der Waals surface area contributed by atoms with Crippen LogP contribution in [0.3, 0.4) is 0 Å². The number of esters is 1. The molecule has 0 fully saturated rings. The molecule has 0 saturated carbocycles. The lowest BCUT2D eigenvalue weighted by molar-refractivity contribution is -0.147. The van der Waals surface area contributed by atoms with Crippen molar-refractivity contribution in [2.45, 2.75) is 58.5 Å². The molecule has 0 aliphatic carbocycles. The van der Waals surface area contributed by atoms with Gasteiger partial charge in [0, 0.05) is 6.42 Å². The second-order valence-corrected chi connectivity index (χ2v) is 3.93. The van der Waals surface area contributed by atoms with Crippen LogP contribution in [0.2, 0.25) is 0 Å². The van der Waals surface area contributed by atoms with Crippen LogP contribution in [0, 0.1) is 0 Å². The molecule has 0 bridgehead atoms. The van der Waals surface area contributed by atoms with E-state index >= 15 is 0 Å². The van der Waals surface area contributed by atoms with Crippen molar-refractivity contribution in [1.82, 2.24) is 0 Å². The number of hydrogen-bond acceptors (Lipinski definition) is 2. The van der Waals surface area contributed by atoms with E-state index in [1.165, 1.54) is 19.3 Å². The summed E-state index contributed by atoms with van der Waals surface area (Å²) in [5, 5.41) is 0. The highest BCUT2D eigenvalue weighted by molar-refractivity contribution is 6.18. The molecular formula is C11H21ClO2. The van der Waals surface area contributed by atoms with Gasteiger partial charge in [0.05, 0.1) is 5.88 Å². The standard InChI is InChI=1S/C11H21ClO2/c1-3-4-5-6-7-8-11(13)14-10(2)9-12/h10H,3-9H2,1-2H3. The largest absolute Gasteiger partial charge is 0.461 e. The predicted molar refractivity (Wildman–Crippen MR) is 59.7 cm³/mol. The smallest absolute Gasteiger partial charge is 0.306 e. The SMILES string of the molecule is CCCCCCCC(=O)OC(C)CCl. The maximum atomic E-state index is 11.2. The molecule has 0 spiro atoms. The molecule has 0 aromatic rings. The number of carbonyl (C=O) groups excluding carboxylic acids is 1. The van der Waals surface area contributed by atoms with Crippen LogP contribution in [0.4, 0.5) is 0 Å². The van der Waals surface area contributed by atoms with Crippen molar-refractivity contribution in [2.75, 3.05) is 5.88 Å². The van der Waals surface area contributed by atoms with Crippen LogP contribution in [-0.2, 0) is 9.53 Å². The second-order valence-electron chi connectivity index (χ2n) is 3.62. The van der Waals surface area contributed by atoms with Gasteiger partial charge in [-0.15, -0.1) is 11.6 Å². The first-order valence-electron chi connectivity index (χ1n) is 5.46. The quantitative estimate of drug-likeness (QED) is 0.356. The lowest BCUT2D eigenvalue weighted by Gasteiger charge is -2.09. The minimum absolute atomic E-state index is 0.116. The van der Waals surface area contributed by atoms with E-state index in [1.54, 1.807) is 0 Å². The molecule has 0 saturated heterocycles. The minimum Gasteiger partial charge on any atom is -0.461 e. The number of ether oxygens (including phenoxy) is 1. The summed E-state index contributed by atoms with van der Waals surface area (Å²) in [7, 11) is 0. The van der Waals surface area contributed by atoms with E-state index in [4.69, 9.17) is 16.3 Å². The number of hydrogen-bond donors (Lipinski definition) is 0. The first-order chi connectivity index (χ1) is 6.70. The summed E-state index contributed by atoms with van der Waals surface area (Å²) in [6, 6.07) is 0. The van der Waals surface area contributed by atoms with Crippen molar-refractivity contribution >= 4 is 17.6 Å². The van der Waals surface area contributed by atoms with Gasteiger partial charge in [-0.05, 0) is 13.3 Å². The van der Waals surface area contributed by atoms with Gasteiger partial charge in [0.15, 0.2) is 0 Å². The van der Waals surface area contributed by atoms with Crippen molar-refractivity contribution in [3.05, 3.63) is 0 Å². The summed E-state index contributed by atoms with van der Waals surface area (Å²) < 4.78 is 5.04. The number of unbranched alkanes of at least 4 members (excludes halogenated alkanes) is 4. The molecule has 0 N–H and O–H groups in total. The topological polar surface area (TPSA) is 26.3 Å². The Kier molecular flexibility index (Phi) is 9.16. The zero-order valence-electron chi connectivity index (χ0n) is 9.22. The summed E-state index contributed by atoms with van der Waals surface area (Å²) in [6.45, 7) is 3.98. The van der Waals surface area contributed by atoms with Crippen molar-refractivity contribution in [1.29, 1.82) is 0 Å². The maximum Gasteiger partial charge on any atom is 0.306 e. The molecule has 0 rings (SSSR count). The molecule has 1 atom stereocenters. The zero-order chi connectivity index (χ0) is 10.8. The first-order valence-corrected chi connectivity index (χ1v) is 5.99. The summed E-state index contributed by atoms with van der Waals surface area (Å²) in [4.78, 5) is 11.2. The van der Waals surface area contributed by atoms with Crippen molar-refractivity contribution in [2.24, 2.45) is 0 Å². The highest BCUT2D eigenvalue weighted by atomic mass is 35.5. The van der Waals surface area contributed by atoms with E-state index in [1.807, 2.05) is 6.92 Å². The molecule has 84 valence electrons. The van der Waals surface area contributed by atoms with Crippen LogP contribution < -0.4 is 0 Å². The Morgan fingerprint density at radius 3 is 2.50 bits per heavy atom. The molecule has 0 aliphatic heterocycles. The monoisotopic (exact) mass is 220 g/mol. The normalized spacial score (nSPS) is 12.5. The van der Waals surface area contributed by atoms with Crippen molar-refractivity contribution < 1.29 is 9.53 Å². The number of rotatable bonds is 8. The zero-order valence-corrected chi connectivity index (χ0v) is 9.98. The molecule has 0 aromatic heterocycles. The Balaban J connectivity index is 3.27. The third-order valence-corrected chi connectivity index (χ3v) is 2.47. The van der Waals surface area contributed by atoms with Crippen LogP contribution in [0.5, 0.6) is 0 Å². The molecular weight excluding hydrogens is 200 g/mol. The van der Waals surface area contributed by atoms with Gasteiger partial charge < -0.3 is 4.74 Å². The van der Waals surface area contributed by atoms with E-state index < -0.39 is 0 Å². The molecule has 0 aliphatic rings. The van der Waals surface area contributed by atoms with Gasteiger partial charge >= 0.3 is 5.97 Å². The van der Waals surface area contributed by atoms with Crippen LogP contribution in [0.1, 0.15) is 52.4 Å². The highest BCUT2D eigenvalue weighted by Gasteiger charge is 2.07. The molecule has 0 aromatic carbocycles. The Hall–Kier alpha value is -0.240. The number of carbonyl (C=O) groups is 1. The van der Waals surface area contributed by atoms with E-state index in [0.29, 0.717) is 12.3 Å². The van der Waals surface area contributed by atoms with Gasteiger partial charge in [-0.3, -0.25) is 4.79 Å². The van der Waals surface area contributed by atoms with E-state index in [9.17, 15) is 4.79 Å². The summed E-state index contributed by atoms with van der Waals surface area (Å²) in [5.41, 5.74) is 0. The Morgan fingerprint density at radius 1 is 1.29 bits per heavy atom. The van der Waals surface area contributed by atoms with Gasteiger partial charge in [0.1, 0.15) is 6.10 Å². The van der Waals surface area contributed by atoms with Gasteiger partial charge in [-0.1, -0.05) is 32.6 Å². The fraction of sp³-hybridized carbons (Fsp3) is 0.909. The molecule has 0 amide bonds. The Labute approximate surface area is 92.0 Å². The average molecular weight is 221 g/mol. The fourth-order valence-electron chi connectivity index (χ4n) is 1.19. The average Bonchev–Trinajstić information content (AvgIpc) is 2.17.